The van der Waals surface area contributed by atoms with Gasteiger partial charge >= 0.3 is 0 Å². The summed E-state index contributed by atoms with van der Waals surface area (Å²) in [6, 6.07) is 0. The van der Waals surface area contributed by atoms with Crippen molar-refractivity contribution in [1.82, 2.24) is 10.2 Å². The summed E-state index contributed by atoms with van der Waals surface area (Å²) in [7, 11) is 0. The number of rotatable bonds is 4. The predicted molar refractivity (Wildman–Crippen MR) is 92.9 cm³/mol. The molecule has 0 atom stereocenters. The molecule has 2 saturated carbocycles. The molecule has 1 N–H and O–H groups in total. The molecule has 4 fully saturated rings. The van der Waals surface area contributed by atoms with Crippen molar-refractivity contribution in [2.75, 3.05) is 32.7 Å². The topological polar surface area (TPSA) is 15.3 Å². The second-order valence-electron chi connectivity index (χ2n) is 9.18. The monoisotopic (exact) mass is 304 g/mol. The Bertz CT molecular complexity index is 352. The third-order valence-corrected chi connectivity index (χ3v) is 7.69. The van der Waals surface area contributed by atoms with Crippen molar-refractivity contribution in [2.45, 2.75) is 64.7 Å². The highest BCUT2D eigenvalue weighted by Gasteiger charge is 2.53. The predicted octanol–water partition coefficient (Wildman–Crippen LogP) is 3.91. The minimum atomic E-state index is 0.859. The Hall–Kier alpha value is -0.0800. The smallest absolute Gasteiger partial charge is 0.00106 e. The summed E-state index contributed by atoms with van der Waals surface area (Å²) in [5.74, 6) is 4.26. The lowest BCUT2D eigenvalue weighted by Crippen LogP contribution is -2.51. The summed E-state index contributed by atoms with van der Waals surface area (Å²) in [4.78, 5) is 2.79. The van der Waals surface area contributed by atoms with E-state index in [-0.39, 0.29) is 0 Å². The lowest BCUT2D eigenvalue weighted by Gasteiger charge is -2.60. The van der Waals surface area contributed by atoms with Gasteiger partial charge in [-0.1, -0.05) is 13.3 Å². The maximum Gasteiger partial charge on any atom is 0.00106 e. The zero-order valence-corrected chi connectivity index (χ0v) is 14.7. The van der Waals surface area contributed by atoms with Crippen LogP contribution in [-0.2, 0) is 0 Å². The SMILES string of the molecule is CCC1CC2(C1)CC(C1CCN(CC3CCNCC3)CC1)C2. The van der Waals surface area contributed by atoms with Crippen LogP contribution in [0.15, 0.2) is 0 Å². The van der Waals surface area contributed by atoms with Crippen LogP contribution in [0.1, 0.15) is 64.7 Å². The first-order chi connectivity index (χ1) is 10.8. The molecule has 2 heterocycles. The molecule has 0 radical (unpaired) electrons. The van der Waals surface area contributed by atoms with Crippen LogP contribution < -0.4 is 5.32 Å². The first-order valence-electron chi connectivity index (χ1n) is 10.2. The van der Waals surface area contributed by atoms with Crippen LogP contribution >= 0.6 is 0 Å². The molecule has 2 heteroatoms. The van der Waals surface area contributed by atoms with E-state index in [4.69, 9.17) is 0 Å². The molecular formula is C20H36N2. The van der Waals surface area contributed by atoms with Crippen molar-refractivity contribution >= 4 is 0 Å². The third kappa shape index (κ3) is 3.11. The molecule has 2 aliphatic heterocycles. The Morgan fingerprint density at radius 1 is 0.864 bits per heavy atom. The molecule has 0 aromatic carbocycles. The maximum absolute atomic E-state index is 3.50. The number of piperidine rings is 2. The van der Waals surface area contributed by atoms with E-state index in [1.54, 1.807) is 25.7 Å². The van der Waals surface area contributed by atoms with E-state index in [2.05, 4.69) is 17.1 Å². The van der Waals surface area contributed by atoms with Crippen molar-refractivity contribution in [3.63, 3.8) is 0 Å². The molecular weight excluding hydrogens is 268 g/mol. The Morgan fingerprint density at radius 3 is 2.18 bits per heavy atom. The Labute approximate surface area is 137 Å². The van der Waals surface area contributed by atoms with Crippen LogP contribution in [0.4, 0.5) is 0 Å². The third-order valence-electron chi connectivity index (χ3n) is 7.69. The van der Waals surface area contributed by atoms with Crippen LogP contribution in [0.3, 0.4) is 0 Å². The van der Waals surface area contributed by atoms with Gasteiger partial charge in [0, 0.05) is 6.54 Å². The highest BCUT2D eigenvalue weighted by Crippen LogP contribution is 2.64. The number of likely N-dealkylation sites (tertiary alicyclic amines) is 1. The van der Waals surface area contributed by atoms with E-state index in [9.17, 15) is 0 Å². The van der Waals surface area contributed by atoms with Crippen molar-refractivity contribution < 1.29 is 0 Å². The van der Waals surface area contributed by atoms with Crippen LogP contribution in [-0.4, -0.2) is 37.6 Å². The molecule has 2 aliphatic carbocycles. The van der Waals surface area contributed by atoms with Crippen LogP contribution in [0, 0.1) is 29.1 Å². The lowest BCUT2D eigenvalue weighted by molar-refractivity contribution is -0.0959. The summed E-state index contributed by atoms with van der Waals surface area (Å²) < 4.78 is 0. The van der Waals surface area contributed by atoms with E-state index in [1.165, 1.54) is 64.8 Å². The van der Waals surface area contributed by atoms with E-state index >= 15 is 0 Å². The first-order valence-corrected chi connectivity index (χ1v) is 10.2. The molecule has 22 heavy (non-hydrogen) atoms. The van der Waals surface area contributed by atoms with Gasteiger partial charge < -0.3 is 10.2 Å². The lowest BCUT2D eigenvalue weighted by atomic mass is 9.45. The largest absolute Gasteiger partial charge is 0.317 e. The molecule has 0 aromatic rings. The zero-order valence-electron chi connectivity index (χ0n) is 14.7. The molecule has 4 rings (SSSR count). The molecule has 0 amide bonds. The second-order valence-corrected chi connectivity index (χ2v) is 9.18. The van der Waals surface area contributed by atoms with Crippen LogP contribution in [0.5, 0.6) is 0 Å². The summed E-state index contributed by atoms with van der Waals surface area (Å²) in [6.07, 6.45) is 13.6. The van der Waals surface area contributed by atoms with Gasteiger partial charge in [0.1, 0.15) is 0 Å². The van der Waals surface area contributed by atoms with Gasteiger partial charge in [-0.2, -0.15) is 0 Å². The summed E-state index contributed by atoms with van der Waals surface area (Å²) in [6.45, 7) is 9.08. The fourth-order valence-electron chi connectivity index (χ4n) is 6.21. The van der Waals surface area contributed by atoms with Gasteiger partial charge in [0.05, 0.1) is 0 Å². The fraction of sp³-hybridized carbons (Fsp3) is 1.00. The van der Waals surface area contributed by atoms with E-state index < -0.39 is 0 Å². The van der Waals surface area contributed by atoms with Gasteiger partial charge in [-0.25, -0.2) is 0 Å². The molecule has 0 bridgehead atoms. The van der Waals surface area contributed by atoms with E-state index in [0.717, 1.165) is 29.1 Å². The van der Waals surface area contributed by atoms with Crippen LogP contribution in [0.2, 0.25) is 0 Å². The van der Waals surface area contributed by atoms with Gasteiger partial charge in [0.15, 0.2) is 0 Å². The average molecular weight is 305 g/mol. The molecule has 2 nitrogen and oxygen atoms in total. The minimum Gasteiger partial charge on any atom is -0.317 e. The Balaban J connectivity index is 1.16. The maximum atomic E-state index is 3.50. The van der Waals surface area contributed by atoms with Crippen molar-refractivity contribution in [2.24, 2.45) is 29.1 Å². The molecule has 126 valence electrons. The van der Waals surface area contributed by atoms with Crippen molar-refractivity contribution in [3.05, 3.63) is 0 Å². The number of nitrogens with one attached hydrogen (secondary N) is 1. The Kier molecular flexibility index (Phi) is 4.52. The van der Waals surface area contributed by atoms with Crippen LogP contribution in [0.25, 0.3) is 0 Å². The highest BCUT2D eigenvalue weighted by molar-refractivity contribution is 5.04. The van der Waals surface area contributed by atoms with Crippen molar-refractivity contribution in [1.29, 1.82) is 0 Å². The minimum absolute atomic E-state index is 0.859. The molecule has 0 unspecified atom stereocenters. The van der Waals surface area contributed by atoms with Crippen molar-refractivity contribution in [3.8, 4) is 0 Å². The summed E-state index contributed by atoms with van der Waals surface area (Å²) >= 11 is 0. The fourth-order valence-corrected chi connectivity index (χ4v) is 6.21. The summed E-state index contributed by atoms with van der Waals surface area (Å²) in [5, 5.41) is 3.50. The van der Waals surface area contributed by atoms with E-state index in [0.29, 0.717) is 0 Å². The normalized spacial score (nSPS) is 41.3. The zero-order chi connectivity index (χ0) is 15.0. The van der Waals surface area contributed by atoms with Gasteiger partial charge in [-0.3, -0.25) is 0 Å². The van der Waals surface area contributed by atoms with Gasteiger partial charge in [0.25, 0.3) is 0 Å². The molecule has 4 aliphatic rings. The first kappa shape index (κ1) is 15.4. The standard InChI is InChI=1S/C20H36N2/c1-2-16-11-20(12-16)13-19(14-20)18-5-9-22(10-6-18)15-17-3-7-21-8-4-17/h16-19,21H,2-15H2,1H3. The molecule has 2 saturated heterocycles. The highest BCUT2D eigenvalue weighted by atomic mass is 15.1. The van der Waals surface area contributed by atoms with Gasteiger partial charge in [-0.05, 0) is 107 Å². The average Bonchev–Trinajstić information content (AvgIpc) is 2.47. The molecule has 1 spiro atoms. The summed E-state index contributed by atoms with van der Waals surface area (Å²) in [5.41, 5.74) is 0.859. The van der Waals surface area contributed by atoms with Gasteiger partial charge in [0.2, 0.25) is 0 Å². The van der Waals surface area contributed by atoms with E-state index in [1.807, 2.05) is 0 Å². The Morgan fingerprint density at radius 2 is 1.55 bits per heavy atom. The molecule has 0 aromatic heterocycles. The number of hydrogen-bond donors (Lipinski definition) is 1. The number of nitrogens with zero attached hydrogens (tertiary/aromatic N) is 1. The van der Waals surface area contributed by atoms with Gasteiger partial charge in [-0.15, -0.1) is 0 Å². The number of hydrogen-bond acceptors (Lipinski definition) is 2. The second kappa shape index (κ2) is 6.43. The quantitative estimate of drug-likeness (QED) is 0.847.